The number of aromatic nitrogens is 3. The fraction of sp³-hybridized carbons (Fsp3) is 0.435. The normalized spacial score (nSPS) is 16.7. The highest BCUT2D eigenvalue weighted by atomic mass is 19.1. The molecule has 2 aliphatic rings. The molecule has 8 heteroatoms. The van der Waals surface area contributed by atoms with E-state index in [1.807, 2.05) is 24.0 Å². The van der Waals surface area contributed by atoms with Crippen molar-refractivity contribution in [2.45, 2.75) is 32.4 Å². The Kier molecular flexibility index (Phi) is 5.09. The van der Waals surface area contributed by atoms with Gasteiger partial charge in [0.1, 0.15) is 17.3 Å². The molecule has 0 spiro atoms. The van der Waals surface area contributed by atoms with Crippen molar-refractivity contribution in [2.24, 2.45) is 7.05 Å². The van der Waals surface area contributed by atoms with Crippen LogP contribution in [0.4, 0.5) is 10.2 Å². The zero-order valence-corrected chi connectivity index (χ0v) is 17.8. The van der Waals surface area contributed by atoms with Gasteiger partial charge in [0.15, 0.2) is 0 Å². The maximum atomic E-state index is 13.8. The quantitative estimate of drug-likeness (QED) is 0.631. The Morgan fingerprint density at radius 2 is 2.00 bits per heavy atom. The van der Waals surface area contributed by atoms with Gasteiger partial charge in [-0.25, -0.2) is 9.37 Å². The largest absolute Gasteiger partial charge is 0.378 e. The highest BCUT2D eigenvalue weighted by molar-refractivity contribution is 5.93. The van der Waals surface area contributed by atoms with Gasteiger partial charge in [0.2, 0.25) is 0 Å². The molecule has 0 bridgehead atoms. The number of hydrogen-bond acceptors (Lipinski definition) is 5. The molecule has 1 saturated carbocycles. The topological polar surface area (TPSA) is 63.5 Å². The van der Waals surface area contributed by atoms with Crippen LogP contribution < -0.4 is 4.90 Å². The third kappa shape index (κ3) is 3.99. The first kappa shape index (κ1) is 19.9. The summed E-state index contributed by atoms with van der Waals surface area (Å²) in [5.74, 6) is 0.487. The number of anilines is 1. The van der Waals surface area contributed by atoms with Gasteiger partial charge in [0.05, 0.1) is 24.4 Å². The molecule has 1 aliphatic carbocycles. The lowest BCUT2D eigenvalue weighted by atomic mass is 10.1. The third-order valence-electron chi connectivity index (χ3n) is 5.96. The first-order valence-electron chi connectivity index (χ1n) is 10.7. The molecule has 31 heavy (non-hydrogen) atoms. The van der Waals surface area contributed by atoms with Gasteiger partial charge < -0.3 is 14.5 Å². The summed E-state index contributed by atoms with van der Waals surface area (Å²) in [5, 5.41) is 5.21. The van der Waals surface area contributed by atoms with Crippen molar-refractivity contribution < 1.29 is 13.9 Å². The van der Waals surface area contributed by atoms with Crippen molar-refractivity contribution in [3.8, 4) is 0 Å². The highest BCUT2D eigenvalue weighted by Gasteiger charge is 2.35. The van der Waals surface area contributed by atoms with Crippen LogP contribution in [-0.4, -0.2) is 57.9 Å². The Morgan fingerprint density at radius 1 is 1.23 bits per heavy atom. The fourth-order valence-corrected chi connectivity index (χ4v) is 4.23. The van der Waals surface area contributed by atoms with E-state index in [1.165, 1.54) is 12.1 Å². The molecule has 3 heterocycles. The van der Waals surface area contributed by atoms with Gasteiger partial charge in [-0.05, 0) is 44.0 Å². The number of fused-ring (bicyclic) bond motifs is 1. The van der Waals surface area contributed by atoms with Gasteiger partial charge >= 0.3 is 0 Å². The van der Waals surface area contributed by atoms with E-state index in [4.69, 9.17) is 9.72 Å². The van der Waals surface area contributed by atoms with Crippen LogP contribution in [0.2, 0.25) is 0 Å². The van der Waals surface area contributed by atoms with Crippen molar-refractivity contribution in [3.63, 3.8) is 0 Å². The number of benzene rings is 1. The Balaban J connectivity index is 1.54. The number of carbonyl (C=O) groups is 1. The number of aryl methyl sites for hydroxylation is 2. The molecule has 0 radical (unpaired) electrons. The average molecular weight is 423 g/mol. The van der Waals surface area contributed by atoms with Gasteiger partial charge in [0, 0.05) is 49.7 Å². The van der Waals surface area contributed by atoms with Gasteiger partial charge in [-0.2, -0.15) is 5.10 Å². The first-order valence-corrected chi connectivity index (χ1v) is 10.7. The van der Waals surface area contributed by atoms with E-state index in [1.54, 1.807) is 17.8 Å². The monoisotopic (exact) mass is 423 g/mol. The molecule has 0 atom stereocenters. The maximum Gasteiger partial charge on any atom is 0.272 e. The van der Waals surface area contributed by atoms with E-state index in [0.29, 0.717) is 31.0 Å². The molecule has 3 aromatic rings. The fourth-order valence-electron chi connectivity index (χ4n) is 4.23. The van der Waals surface area contributed by atoms with E-state index in [0.717, 1.165) is 48.4 Å². The zero-order valence-electron chi connectivity index (χ0n) is 17.8. The number of ether oxygens (including phenoxy) is 1. The second kappa shape index (κ2) is 7.92. The molecule has 7 nitrogen and oxygen atoms in total. The summed E-state index contributed by atoms with van der Waals surface area (Å²) in [6, 6.07) is 8.77. The number of carbonyl (C=O) groups excluding carboxylic acids is 1. The van der Waals surface area contributed by atoms with Gasteiger partial charge in [-0.15, -0.1) is 0 Å². The van der Waals surface area contributed by atoms with Crippen LogP contribution in [0.25, 0.3) is 10.9 Å². The summed E-state index contributed by atoms with van der Waals surface area (Å²) in [5.41, 5.74) is 3.01. The molecule has 1 aromatic carbocycles. The third-order valence-corrected chi connectivity index (χ3v) is 5.96. The Hall–Kier alpha value is -3.00. The number of morpholine rings is 1. The minimum absolute atomic E-state index is 0.0160. The number of pyridine rings is 1. The molecule has 2 aromatic heterocycles. The highest BCUT2D eigenvalue weighted by Crippen LogP contribution is 2.33. The lowest BCUT2D eigenvalue weighted by Gasteiger charge is -2.31. The summed E-state index contributed by atoms with van der Waals surface area (Å²) in [6.45, 7) is 5.05. The van der Waals surface area contributed by atoms with Crippen molar-refractivity contribution in [1.82, 2.24) is 19.7 Å². The molecule has 5 rings (SSSR count). The molecule has 1 aliphatic heterocycles. The van der Waals surface area contributed by atoms with Crippen molar-refractivity contribution >= 4 is 22.6 Å². The number of halogens is 1. The summed E-state index contributed by atoms with van der Waals surface area (Å²) < 4.78 is 21.0. The summed E-state index contributed by atoms with van der Waals surface area (Å²) in [7, 11) is 1.80. The predicted octanol–water partition coefficient (Wildman–Crippen LogP) is 3.06. The SMILES string of the molecule is Cc1cc(C(=O)N(Cc2cc3ccc(F)cc3nc2N2CCOCC2)C2CC2)n(C)n1. The van der Waals surface area contributed by atoms with Crippen LogP contribution in [0, 0.1) is 12.7 Å². The van der Waals surface area contributed by atoms with Gasteiger partial charge in [-0.3, -0.25) is 9.48 Å². The van der Waals surface area contributed by atoms with Crippen LogP contribution >= 0.6 is 0 Å². The molecule has 2 fully saturated rings. The van der Waals surface area contributed by atoms with E-state index in [9.17, 15) is 9.18 Å². The Morgan fingerprint density at radius 3 is 2.68 bits per heavy atom. The summed E-state index contributed by atoms with van der Waals surface area (Å²) in [4.78, 5) is 22.4. The van der Waals surface area contributed by atoms with Crippen molar-refractivity contribution in [1.29, 1.82) is 0 Å². The van der Waals surface area contributed by atoms with Crippen molar-refractivity contribution in [2.75, 3.05) is 31.2 Å². The zero-order chi connectivity index (χ0) is 21.5. The second-order valence-corrected chi connectivity index (χ2v) is 8.37. The molecule has 0 N–H and O–H groups in total. The second-order valence-electron chi connectivity index (χ2n) is 8.37. The number of amides is 1. The smallest absolute Gasteiger partial charge is 0.272 e. The number of hydrogen-bond donors (Lipinski definition) is 0. The summed E-state index contributed by atoms with van der Waals surface area (Å²) >= 11 is 0. The average Bonchev–Trinajstić information content (AvgIpc) is 3.55. The van der Waals surface area contributed by atoms with Gasteiger partial charge in [0.25, 0.3) is 5.91 Å². The molecule has 162 valence electrons. The van der Waals surface area contributed by atoms with Crippen LogP contribution in [0.3, 0.4) is 0 Å². The van der Waals surface area contributed by atoms with E-state index in [2.05, 4.69) is 10.00 Å². The molecular formula is C23H26FN5O2. The predicted molar refractivity (Wildman–Crippen MR) is 116 cm³/mol. The van der Waals surface area contributed by atoms with Crippen LogP contribution in [-0.2, 0) is 18.3 Å². The molecule has 1 amide bonds. The minimum atomic E-state index is -0.304. The molecule has 1 saturated heterocycles. The van der Waals surface area contributed by atoms with Crippen LogP contribution in [0.5, 0.6) is 0 Å². The lowest BCUT2D eigenvalue weighted by Crippen LogP contribution is -2.39. The molecular weight excluding hydrogens is 397 g/mol. The van der Waals surface area contributed by atoms with Crippen LogP contribution in [0.1, 0.15) is 34.6 Å². The van der Waals surface area contributed by atoms with E-state index in [-0.39, 0.29) is 17.8 Å². The Bertz CT molecular complexity index is 1130. The number of rotatable bonds is 5. The Labute approximate surface area is 180 Å². The van der Waals surface area contributed by atoms with Crippen LogP contribution in [0.15, 0.2) is 30.3 Å². The first-order chi connectivity index (χ1) is 15.0. The minimum Gasteiger partial charge on any atom is -0.378 e. The summed E-state index contributed by atoms with van der Waals surface area (Å²) in [6.07, 6.45) is 2.00. The van der Waals surface area contributed by atoms with E-state index >= 15 is 0 Å². The maximum absolute atomic E-state index is 13.8. The van der Waals surface area contributed by atoms with Crippen molar-refractivity contribution in [3.05, 3.63) is 53.1 Å². The standard InChI is InChI=1S/C23H26FN5O2/c1-15-11-21(27(2)26-15)23(30)29(19-5-6-19)14-17-12-16-3-4-18(24)13-20(16)25-22(17)28-7-9-31-10-8-28/h3-4,11-13,19H,5-10,14H2,1-2H3. The molecule has 0 unspecified atom stereocenters. The van der Waals surface area contributed by atoms with Gasteiger partial charge in [-0.1, -0.05) is 0 Å². The number of nitrogens with zero attached hydrogens (tertiary/aromatic N) is 5. The van der Waals surface area contributed by atoms with E-state index < -0.39 is 0 Å². The lowest BCUT2D eigenvalue weighted by molar-refractivity contribution is 0.0718.